The van der Waals surface area contributed by atoms with E-state index in [1.54, 1.807) is 0 Å². The third kappa shape index (κ3) is 4.15. The number of aryl methyl sites for hydroxylation is 4. The molecule has 5 nitrogen and oxygen atoms in total. The molecule has 0 radical (unpaired) electrons. The van der Waals surface area contributed by atoms with Crippen molar-refractivity contribution in [1.82, 2.24) is 19.6 Å². The summed E-state index contributed by atoms with van der Waals surface area (Å²) in [4.78, 5) is 0. The van der Waals surface area contributed by atoms with Crippen LogP contribution in [0.25, 0.3) is 28.6 Å². The lowest BCUT2D eigenvalue weighted by atomic mass is 9.86. The Morgan fingerprint density at radius 3 is 2.58 bits per heavy atom. The Labute approximate surface area is 225 Å². The summed E-state index contributed by atoms with van der Waals surface area (Å²) in [5.41, 5.74) is 11.0. The minimum absolute atomic E-state index is 0.207. The van der Waals surface area contributed by atoms with Crippen molar-refractivity contribution < 1.29 is 4.74 Å². The maximum absolute atomic E-state index is 5.82. The number of allylic oxidation sites excluding steroid dienone is 3. The van der Waals surface area contributed by atoms with Crippen LogP contribution >= 0.6 is 0 Å². The molecule has 0 amide bonds. The van der Waals surface area contributed by atoms with Gasteiger partial charge in [-0.1, -0.05) is 66.4 Å². The Bertz CT molecular complexity index is 1530. The minimum atomic E-state index is 0.207. The smallest absolute Gasteiger partial charge is 0.0912 e. The number of ether oxygens (including phenoxy) is 1. The first-order valence-electron chi connectivity index (χ1n) is 13.7. The largest absolute Gasteiger partial charge is 0.381 e. The van der Waals surface area contributed by atoms with Gasteiger partial charge in [-0.25, -0.2) is 4.68 Å². The second-order valence-corrected chi connectivity index (χ2v) is 10.6. The Balaban J connectivity index is 1.71. The number of fused-ring (bicyclic) bond motifs is 3. The summed E-state index contributed by atoms with van der Waals surface area (Å²) < 4.78 is 10.4. The van der Waals surface area contributed by atoms with E-state index in [0.717, 1.165) is 55.9 Å². The highest BCUT2D eigenvalue weighted by molar-refractivity contribution is 5.99. The zero-order chi connectivity index (χ0) is 26.2. The molecule has 194 valence electrons. The molecule has 0 N–H and O–H groups in total. The average molecular weight is 505 g/mol. The van der Waals surface area contributed by atoms with Gasteiger partial charge < -0.3 is 9.30 Å². The van der Waals surface area contributed by atoms with E-state index in [2.05, 4.69) is 89.1 Å². The van der Waals surface area contributed by atoms with E-state index in [0.29, 0.717) is 5.92 Å². The molecular weight excluding hydrogens is 468 g/mol. The fourth-order valence-corrected chi connectivity index (χ4v) is 6.56. The molecule has 0 bridgehead atoms. The summed E-state index contributed by atoms with van der Waals surface area (Å²) in [5, 5.41) is 10.0. The lowest BCUT2D eigenvalue weighted by molar-refractivity contribution is 0.0547. The first-order chi connectivity index (χ1) is 18.6. The van der Waals surface area contributed by atoms with Crippen LogP contribution in [0.5, 0.6) is 0 Å². The van der Waals surface area contributed by atoms with Crippen LogP contribution in [0.4, 0.5) is 0 Å². The van der Waals surface area contributed by atoms with Gasteiger partial charge in [-0.15, -0.1) is 5.10 Å². The molecular formula is C33H36N4O. The van der Waals surface area contributed by atoms with Gasteiger partial charge in [0.05, 0.1) is 17.4 Å². The van der Waals surface area contributed by atoms with E-state index in [4.69, 9.17) is 4.74 Å². The van der Waals surface area contributed by atoms with Crippen LogP contribution in [0.2, 0.25) is 0 Å². The van der Waals surface area contributed by atoms with E-state index in [1.807, 2.05) is 24.7 Å². The summed E-state index contributed by atoms with van der Waals surface area (Å²) in [6, 6.07) is 15.8. The van der Waals surface area contributed by atoms with Crippen LogP contribution < -0.4 is 0 Å². The normalized spacial score (nSPS) is 19.3. The summed E-state index contributed by atoms with van der Waals surface area (Å²) in [6.45, 7) is 10.1. The van der Waals surface area contributed by atoms with Gasteiger partial charge in [-0.3, -0.25) is 0 Å². The molecule has 0 spiro atoms. The molecule has 3 heterocycles. The third-order valence-corrected chi connectivity index (χ3v) is 8.33. The van der Waals surface area contributed by atoms with Crippen LogP contribution in [-0.2, 0) is 18.2 Å². The second kappa shape index (κ2) is 10.2. The second-order valence-electron chi connectivity index (χ2n) is 10.6. The van der Waals surface area contributed by atoms with Crippen LogP contribution in [0.1, 0.15) is 64.6 Å². The van der Waals surface area contributed by atoms with Gasteiger partial charge in [0.2, 0.25) is 0 Å². The molecule has 2 aromatic carbocycles. The monoisotopic (exact) mass is 504 g/mol. The highest BCUT2D eigenvalue weighted by atomic mass is 16.5. The summed E-state index contributed by atoms with van der Waals surface area (Å²) in [6.07, 6.45) is 13.0. The molecule has 0 unspecified atom stereocenters. The molecule has 38 heavy (non-hydrogen) atoms. The zero-order valence-electron chi connectivity index (χ0n) is 22.7. The van der Waals surface area contributed by atoms with Crippen molar-refractivity contribution in [1.29, 1.82) is 0 Å². The molecule has 4 aromatic rings. The summed E-state index contributed by atoms with van der Waals surface area (Å²) >= 11 is 0. The standard InChI is InChI=1S/C33H36N4O/c1-5-27-22(2)15-16-29-31(27)28-14-10-9-13-26(32-23(3)34-35-36(32)4)21-30(28)37(29)33(24-11-7-6-8-12-24)25-17-19-38-20-18-25/h5-9,11-13,15-16,21,25,33H,1,10,14,17-20H2,2-4H3/b13-9+,26-21+/t33-/m1/s1. The summed E-state index contributed by atoms with van der Waals surface area (Å²) in [5.74, 6) is 0.484. The van der Waals surface area contributed by atoms with E-state index in [1.165, 1.54) is 38.9 Å². The van der Waals surface area contributed by atoms with Gasteiger partial charge in [0.25, 0.3) is 0 Å². The van der Waals surface area contributed by atoms with Crippen molar-refractivity contribution in [2.45, 2.75) is 45.6 Å². The van der Waals surface area contributed by atoms with Crippen molar-refractivity contribution in [3.05, 3.63) is 101 Å². The van der Waals surface area contributed by atoms with Crippen molar-refractivity contribution in [2.75, 3.05) is 13.2 Å². The number of nitrogens with zero attached hydrogens (tertiary/aromatic N) is 4. The van der Waals surface area contributed by atoms with Crippen molar-refractivity contribution >= 4 is 28.6 Å². The van der Waals surface area contributed by atoms with E-state index < -0.39 is 0 Å². The Kier molecular flexibility index (Phi) is 6.62. The maximum atomic E-state index is 5.82. The Hall–Kier alpha value is -3.70. The van der Waals surface area contributed by atoms with Gasteiger partial charge >= 0.3 is 0 Å². The van der Waals surface area contributed by atoms with Gasteiger partial charge in [-0.05, 0) is 79.8 Å². The number of benzene rings is 2. The topological polar surface area (TPSA) is 44.9 Å². The molecule has 1 aliphatic heterocycles. The van der Waals surface area contributed by atoms with Gasteiger partial charge in [0, 0.05) is 42.4 Å². The molecule has 1 fully saturated rings. The van der Waals surface area contributed by atoms with E-state index in [-0.39, 0.29) is 6.04 Å². The lowest BCUT2D eigenvalue weighted by Crippen LogP contribution is -2.27. The van der Waals surface area contributed by atoms with Crippen molar-refractivity contribution in [3.63, 3.8) is 0 Å². The predicted molar refractivity (Wildman–Crippen MR) is 156 cm³/mol. The molecule has 1 saturated heterocycles. The van der Waals surface area contributed by atoms with Crippen molar-refractivity contribution in [3.8, 4) is 0 Å². The SMILES string of the molecule is C=Cc1c(C)ccc2c1c1c(n2[C@H](c2ccccc2)C2CCOCC2)/C=C(c2c(C)nnn2C)\C=C\CC1. The van der Waals surface area contributed by atoms with Crippen LogP contribution in [0.15, 0.2) is 61.2 Å². The highest BCUT2D eigenvalue weighted by Gasteiger charge is 2.32. The van der Waals surface area contributed by atoms with Gasteiger partial charge in [0.1, 0.15) is 0 Å². The summed E-state index contributed by atoms with van der Waals surface area (Å²) in [7, 11) is 1.98. The average Bonchev–Trinajstić information content (AvgIpc) is 3.41. The zero-order valence-corrected chi connectivity index (χ0v) is 22.7. The molecule has 2 aromatic heterocycles. The lowest BCUT2D eigenvalue weighted by Gasteiger charge is -2.34. The van der Waals surface area contributed by atoms with Gasteiger partial charge in [-0.2, -0.15) is 0 Å². The fraction of sp³-hybridized carbons (Fsp3) is 0.333. The number of rotatable bonds is 5. The Morgan fingerprint density at radius 2 is 1.87 bits per heavy atom. The molecule has 0 saturated carbocycles. The molecule has 2 aliphatic rings. The number of hydrogen-bond acceptors (Lipinski definition) is 3. The minimum Gasteiger partial charge on any atom is -0.381 e. The van der Waals surface area contributed by atoms with Crippen LogP contribution in [-0.4, -0.2) is 32.8 Å². The molecule has 6 rings (SSSR count). The van der Waals surface area contributed by atoms with Crippen molar-refractivity contribution in [2.24, 2.45) is 13.0 Å². The quantitative estimate of drug-likeness (QED) is 0.291. The maximum Gasteiger partial charge on any atom is 0.0912 e. The predicted octanol–water partition coefficient (Wildman–Crippen LogP) is 7.09. The fourth-order valence-electron chi connectivity index (χ4n) is 6.56. The van der Waals surface area contributed by atoms with Crippen LogP contribution in [0.3, 0.4) is 0 Å². The highest BCUT2D eigenvalue weighted by Crippen LogP contribution is 2.43. The van der Waals surface area contributed by atoms with Gasteiger partial charge in [0.15, 0.2) is 0 Å². The number of aromatic nitrogens is 4. The molecule has 5 heteroatoms. The first-order valence-corrected chi connectivity index (χ1v) is 13.7. The first kappa shape index (κ1) is 24.6. The third-order valence-electron chi connectivity index (χ3n) is 8.33. The van der Waals surface area contributed by atoms with E-state index >= 15 is 0 Å². The molecule has 1 atom stereocenters. The molecule has 1 aliphatic carbocycles. The van der Waals surface area contributed by atoms with E-state index in [9.17, 15) is 0 Å². The Morgan fingerprint density at radius 1 is 1.08 bits per heavy atom. The number of hydrogen-bond donors (Lipinski definition) is 0. The van der Waals surface area contributed by atoms with Crippen LogP contribution in [0, 0.1) is 19.8 Å².